The van der Waals surface area contributed by atoms with Gasteiger partial charge >= 0.3 is 0 Å². The van der Waals surface area contributed by atoms with Gasteiger partial charge in [-0.2, -0.15) is 5.10 Å². The molecule has 0 atom stereocenters. The molecule has 20 heavy (non-hydrogen) atoms. The molecule has 0 aliphatic carbocycles. The third-order valence-corrected chi connectivity index (χ3v) is 3.90. The van der Waals surface area contributed by atoms with Crippen molar-refractivity contribution in [1.82, 2.24) is 14.6 Å². The third-order valence-electron chi connectivity index (χ3n) is 3.46. The summed E-state index contributed by atoms with van der Waals surface area (Å²) >= 11 is 6.32. The van der Waals surface area contributed by atoms with Crippen LogP contribution >= 0.6 is 11.6 Å². The molecule has 0 N–H and O–H groups in total. The van der Waals surface area contributed by atoms with Crippen LogP contribution in [0.15, 0.2) is 30.5 Å². The highest BCUT2D eigenvalue weighted by Gasteiger charge is 2.13. The predicted molar refractivity (Wildman–Crippen MR) is 79.5 cm³/mol. The minimum absolute atomic E-state index is 0.604. The van der Waals surface area contributed by atoms with Gasteiger partial charge in [-0.15, -0.1) is 0 Å². The first-order valence-corrected chi connectivity index (χ1v) is 6.64. The molecule has 4 nitrogen and oxygen atoms in total. The van der Waals surface area contributed by atoms with E-state index in [1.165, 1.54) is 0 Å². The first-order valence-electron chi connectivity index (χ1n) is 6.26. The maximum Gasteiger partial charge on any atom is 0.164 e. The van der Waals surface area contributed by atoms with E-state index in [0.29, 0.717) is 5.15 Å². The highest BCUT2D eigenvalue weighted by atomic mass is 35.5. The normalized spacial score (nSPS) is 11.0. The van der Waals surface area contributed by atoms with Crippen molar-refractivity contribution in [3.05, 3.63) is 46.9 Å². The lowest BCUT2D eigenvalue weighted by atomic mass is 10.1. The topological polar surface area (TPSA) is 39.4 Å². The summed E-state index contributed by atoms with van der Waals surface area (Å²) < 4.78 is 6.84. The van der Waals surface area contributed by atoms with Crippen molar-refractivity contribution < 1.29 is 4.74 Å². The van der Waals surface area contributed by atoms with Crippen LogP contribution in [0.2, 0.25) is 5.15 Å². The second-order valence-electron chi connectivity index (χ2n) is 4.64. The molecule has 2 heterocycles. The Hall–Kier alpha value is -2.07. The van der Waals surface area contributed by atoms with Crippen LogP contribution in [0, 0.1) is 13.8 Å². The van der Waals surface area contributed by atoms with Crippen LogP contribution in [0.3, 0.4) is 0 Å². The summed E-state index contributed by atoms with van der Waals surface area (Å²) in [5.41, 5.74) is 4.62. The van der Waals surface area contributed by atoms with Gasteiger partial charge in [0.1, 0.15) is 10.9 Å². The summed E-state index contributed by atoms with van der Waals surface area (Å²) in [6.45, 7) is 3.89. The number of methoxy groups -OCH3 is 1. The molecule has 5 heteroatoms. The molecule has 0 aliphatic heterocycles. The molecular weight excluding hydrogens is 274 g/mol. The summed E-state index contributed by atoms with van der Waals surface area (Å²) in [4.78, 5) is 4.60. The average Bonchev–Trinajstić information content (AvgIpc) is 2.89. The standard InChI is InChI=1S/C15H14ClN3O/c1-9-10(2)18-15-13(8-17-19(15)14(9)16)11-4-6-12(20-3)7-5-11/h4-8H,1-3H3. The zero-order valence-corrected chi connectivity index (χ0v) is 12.3. The fraction of sp³-hybridized carbons (Fsp3) is 0.200. The molecule has 0 aliphatic rings. The van der Waals surface area contributed by atoms with E-state index >= 15 is 0 Å². The van der Waals surface area contributed by atoms with Crippen molar-refractivity contribution in [2.75, 3.05) is 7.11 Å². The number of aryl methyl sites for hydroxylation is 1. The van der Waals surface area contributed by atoms with E-state index in [2.05, 4.69) is 10.1 Å². The molecule has 0 unspecified atom stereocenters. The van der Waals surface area contributed by atoms with Crippen molar-refractivity contribution in [2.45, 2.75) is 13.8 Å². The summed E-state index contributed by atoms with van der Waals surface area (Å²) in [5.74, 6) is 0.822. The lowest BCUT2D eigenvalue weighted by Crippen LogP contribution is -1.99. The molecule has 0 bridgehead atoms. The Bertz CT molecular complexity index is 778. The molecule has 0 fully saturated rings. The van der Waals surface area contributed by atoms with E-state index in [-0.39, 0.29) is 0 Å². The number of nitrogens with zero attached hydrogens (tertiary/aromatic N) is 3. The molecule has 0 saturated carbocycles. The van der Waals surface area contributed by atoms with Gasteiger partial charge in [-0.3, -0.25) is 0 Å². The van der Waals surface area contributed by atoms with E-state index < -0.39 is 0 Å². The summed E-state index contributed by atoms with van der Waals surface area (Å²) in [6.07, 6.45) is 1.79. The van der Waals surface area contributed by atoms with Gasteiger partial charge in [0.05, 0.1) is 13.3 Å². The van der Waals surface area contributed by atoms with Crippen LogP contribution in [0.5, 0.6) is 5.75 Å². The maximum absolute atomic E-state index is 6.32. The fourth-order valence-corrected chi connectivity index (χ4v) is 2.38. The van der Waals surface area contributed by atoms with E-state index in [4.69, 9.17) is 16.3 Å². The Labute approximate surface area is 122 Å². The SMILES string of the molecule is COc1ccc(-c2cnn3c(Cl)c(C)c(C)nc23)cc1. The van der Waals surface area contributed by atoms with Crippen LogP contribution in [-0.4, -0.2) is 21.7 Å². The van der Waals surface area contributed by atoms with Crippen LogP contribution in [0.25, 0.3) is 16.8 Å². The quantitative estimate of drug-likeness (QED) is 0.675. The lowest BCUT2D eigenvalue weighted by molar-refractivity contribution is 0.415. The Kier molecular flexibility index (Phi) is 3.10. The Balaban J connectivity index is 2.21. The number of hydrogen-bond donors (Lipinski definition) is 0. The molecular formula is C15H14ClN3O. The highest BCUT2D eigenvalue weighted by molar-refractivity contribution is 6.30. The van der Waals surface area contributed by atoms with Gasteiger partial charge in [-0.1, -0.05) is 23.7 Å². The summed E-state index contributed by atoms with van der Waals surface area (Å²) in [5, 5.41) is 4.93. The van der Waals surface area contributed by atoms with Crippen molar-refractivity contribution in [1.29, 1.82) is 0 Å². The highest BCUT2D eigenvalue weighted by Crippen LogP contribution is 2.28. The van der Waals surface area contributed by atoms with E-state index in [9.17, 15) is 0 Å². The van der Waals surface area contributed by atoms with E-state index in [1.807, 2.05) is 38.1 Å². The van der Waals surface area contributed by atoms with Gasteiger partial charge in [0.2, 0.25) is 0 Å². The van der Waals surface area contributed by atoms with Gasteiger partial charge in [0.25, 0.3) is 0 Å². The number of halogens is 1. The maximum atomic E-state index is 6.32. The summed E-state index contributed by atoms with van der Waals surface area (Å²) in [7, 11) is 1.65. The van der Waals surface area contributed by atoms with Crippen LogP contribution in [-0.2, 0) is 0 Å². The second kappa shape index (κ2) is 4.80. The number of ether oxygens (including phenoxy) is 1. The number of benzene rings is 1. The minimum Gasteiger partial charge on any atom is -0.497 e. The van der Waals surface area contributed by atoms with Gasteiger partial charge in [-0.05, 0) is 31.5 Å². The monoisotopic (exact) mass is 287 g/mol. The van der Waals surface area contributed by atoms with Crippen molar-refractivity contribution in [2.24, 2.45) is 0 Å². The molecule has 3 rings (SSSR count). The molecule has 3 aromatic rings. The fourth-order valence-electron chi connectivity index (χ4n) is 2.12. The second-order valence-corrected chi connectivity index (χ2v) is 4.99. The molecule has 102 valence electrons. The lowest BCUT2D eigenvalue weighted by Gasteiger charge is -2.06. The zero-order chi connectivity index (χ0) is 14.3. The summed E-state index contributed by atoms with van der Waals surface area (Å²) in [6, 6.07) is 7.81. The molecule has 0 saturated heterocycles. The van der Waals surface area contributed by atoms with Gasteiger partial charge in [0.15, 0.2) is 5.65 Å². The van der Waals surface area contributed by atoms with Crippen molar-refractivity contribution in [3.8, 4) is 16.9 Å². The Morgan fingerprint density at radius 3 is 2.50 bits per heavy atom. The molecule has 0 amide bonds. The zero-order valence-electron chi connectivity index (χ0n) is 11.5. The van der Waals surface area contributed by atoms with Crippen molar-refractivity contribution >= 4 is 17.2 Å². The number of fused-ring (bicyclic) bond motifs is 1. The van der Waals surface area contributed by atoms with E-state index in [1.54, 1.807) is 17.8 Å². The predicted octanol–water partition coefficient (Wildman–Crippen LogP) is 3.68. The smallest absolute Gasteiger partial charge is 0.164 e. The first-order chi connectivity index (χ1) is 9.61. The molecule has 1 aromatic carbocycles. The van der Waals surface area contributed by atoms with Crippen LogP contribution in [0.4, 0.5) is 0 Å². The van der Waals surface area contributed by atoms with E-state index in [0.717, 1.165) is 33.8 Å². The number of rotatable bonds is 2. The van der Waals surface area contributed by atoms with Crippen LogP contribution < -0.4 is 4.74 Å². The van der Waals surface area contributed by atoms with Crippen molar-refractivity contribution in [3.63, 3.8) is 0 Å². The first kappa shape index (κ1) is 12.9. The largest absolute Gasteiger partial charge is 0.497 e. The Morgan fingerprint density at radius 1 is 1.15 bits per heavy atom. The Morgan fingerprint density at radius 2 is 1.85 bits per heavy atom. The minimum atomic E-state index is 0.604. The number of hydrogen-bond acceptors (Lipinski definition) is 3. The van der Waals surface area contributed by atoms with Gasteiger partial charge in [0, 0.05) is 16.8 Å². The van der Waals surface area contributed by atoms with Gasteiger partial charge in [-0.25, -0.2) is 9.50 Å². The molecule has 0 radical (unpaired) electrons. The third kappa shape index (κ3) is 1.93. The average molecular weight is 288 g/mol. The van der Waals surface area contributed by atoms with Crippen LogP contribution in [0.1, 0.15) is 11.3 Å². The molecule has 0 spiro atoms. The van der Waals surface area contributed by atoms with Gasteiger partial charge < -0.3 is 4.74 Å². The number of aromatic nitrogens is 3. The molecule has 2 aromatic heterocycles.